The summed E-state index contributed by atoms with van der Waals surface area (Å²) in [7, 11) is -3.74. The number of hydrogen-bond donors (Lipinski definition) is 1. The Morgan fingerprint density at radius 3 is 2.62 bits per heavy atom. The van der Waals surface area contributed by atoms with Crippen molar-refractivity contribution in [2.24, 2.45) is 5.14 Å². The second kappa shape index (κ2) is 6.42. The summed E-state index contributed by atoms with van der Waals surface area (Å²) in [6.45, 7) is 3.80. The number of sulfonamides is 1. The molecular formula is C13H18N2O5S. The van der Waals surface area contributed by atoms with Crippen molar-refractivity contribution in [2.45, 2.75) is 11.8 Å². The first-order chi connectivity index (χ1) is 9.88. The van der Waals surface area contributed by atoms with Crippen molar-refractivity contribution < 1.29 is 22.7 Å². The van der Waals surface area contributed by atoms with Crippen LogP contribution in [0.3, 0.4) is 0 Å². The first-order valence-electron chi connectivity index (χ1n) is 6.50. The van der Waals surface area contributed by atoms with E-state index in [1.54, 1.807) is 11.8 Å². The fourth-order valence-corrected chi connectivity index (χ4v) is 2.60. The van der Waals surface area contributed by atoms with Crippen LogP contribution >= 0.6 is 0 Å². The SMILES string of the molecule is Cc1cc(S(N)(=O)=O)ccc1OCC(=O)N1CCOCC1. The van der Waals surface area contributed by atoms with Crippen LogP contribution in [0.1, 0.15) is 5.56 Å². The molecule has 0 saturated carbocycles. The number of aryl methyl sites for hydroxylation is 1. The molecule has 7 nitrogen and oxygen atoms in total. The number of carbonyl (C=O) groups is 1. The minimum Gasteiger partial charge on any atom is -0.483 e. The van der Waals surface area contributed by atoms with Gasteiger partial charge in [-0.3, -0.25) is 4.79 Å². The molecule has 0 bridgehead atoms. The van der Waals surface area contributed by atoms with E-state index in [0.717, 1.165) is 0 Å². The summed E-state index contributed by atoms with van der Waals surface area (Å²) in [5, 5.41) is 5.05. The predicted octanol–water partition coefficient (Wildman–Crippen LogP) is -0.120. The molecular weight excluding hydrogens is 296 g/mol. The first kappa shape index (κ1) is 15.7. The third-order valence-corrected chi connectivity index (χ3v) is 4.10. The van der Waals surface area contributed by atoms with Gasteiger partial charge in [-0.1, -0.05) is 0 Å². The van der Waals surface area contributed by atoms with E-state index in [-0.39, 0.29) is 17.4 Å². The van der Waals surface area contributed by atoms with E-state index < -0.39 is 10.0 Å². The van der Waals surface area contributed by atoms with Gasteiger partial charge in [0.1, 0.15) is 5.75 Å². The van der Waals surface area contributed by atoms with Crippen LogP contribution in [0, 0.1) is 6.92 Å². The van der Waals surface area contributed by atoms with E-state index in [2.05, 4.69) is 0 Å². The minimum atomic E-state index is -3.74. The van der Waals surface area contributed by atoms with Gasteiger partial charge in [-0.25, -0.2) is 13.6 Å². The average molecular weight is 314 g/mol. The lowest BCUT2D eigenvalue weighted by atomic mass is 10.2. The Balaban J connectivity index is 1.98. The van der Waals surface area contributed by atoms with E-state index in [0.29, 0.717) is 37.6 Å². The lowest BCUT2D eigenvalue weighted by Gasteiger charge is -2.26. The van der Waals surface area contributed by atoms with Gasteiger partial charge in [-0.2, -0.15) is 0 Å². The van der Waals surface area contributed by atoms with E-state index >= 15 is 0 Å². The van der Waals surface area contributed by atoms with Crippen LogP contribution in [-0.4, -0.2) is 52.1 Å². The highest BCUT2D eigenvalue weighted by Crippen LogP contribution is 2.21. The van der Waals surface area contributed by atoms with Crippen molar-refractivity contribution in [1.82, 2.24) is 4.90 Å². The third kappa shape index (κ3) is 4.16. The van der Waals surface area contributed by atoms with E-state index in [1.165, 1.54) is 18.2 Å². The van der Waals surface area contributed by atoms with Crippen LogP contribution in [-0.2, 0) is 19.6 Å². The van der Waals surface area contributed by atoms with Crippen LogP contribution in [0.4, 0.5) is 0 Å². The zero-order valence-electron chi connectivity index (χ0n) is 11.7. The van der Waals surface area contributed by atoms with Gasteiger partial charge in [-0.05, 0) is 30.7 Å². The maximum absolute atomic E-state index is 11.9. The number of carbonyl (C=O) groups excluding carboxylic acids is 1. The Labute approximate surface area is 123 Å². The van der Waals surface area contributed by atoms with Gasteiger partial charge in [0, 0.05) is 13.1 Å². The molecule has 1 aliphatic rings. The van der Waals surface area contributed by atoms with Gasteiger partial charge in [0.15, 0.2) is 6.61 Å². The normalized spacial score (nSPS) is 15.8. The summed E-state index contributed by atoms with van der Waals surface area (Å²) in [6.07, 6.45) is 0. The number of nitrogens with zero attached hydrogens (tertiary/aromatic N) is 1. The first-order valence-corrected chi connectivity index (χ1v) is 8.04. The number of benzene rings is 1. The summed E-state index contributed by atoms with van der Waals surface area (Å²) in [5.74, 6) is 0.345. The highest BCUT2D eigenvalue weighted by molar-refractivity contribution is 7.89. The predicted molar refractivity (Wildman–Crippen MR) is 75.4 cm³/mol. The molecule has 1 heterocycles. The molecule has 0 aromatic heterocycles. The second-order valence-electron chi connectivity index (χ2n) is 4.75. The van der Waals surface area contributed by atoms with Crippen molar-refractivity contribution in [3.05, 3.63) is 23.8 Å². The van der Waals surface area contributed by atoms with Crippen LogP contribution < -0.4 is 9.88 Å². The number of primary sulfonamides is 1. The summed E-state index contributed by atoms with van der Waals surface area (Å²) >= 11 is 0. The number of rotatable bonds is 4. The van der Waals surface area contributed by atoms with Gasteiger partial charge < -0.3 is 14.4 Å². The topological polar surface area (TPSA) is 98.9 Å². The largest absolute Gasteiger partial charge is 0.483 e. The summed E-state index contributed by atoms with van der Waals surface area (Å²) < 4.78 is 33.1. The van der Waals surface area contributed by atoms with Crippen molar-refractivity contribution in [1.29, 1.82) is 0 Å². The van der Waals surface area contributed by atoms with Crippen molar-refractivity contribution in [2.75, 3.05) is 32.9 Å². The third-order valence-electron chi connectivity index (χ3n) is 3.19. The monoisotopic (exact) mass is 314 g/mol. The number of amides is 1. The zero-order chi connectivity index (χ0) is 15.5. The van der Waals surface area contributed by atoms with Gasteiger partial charge in [0.2, 0.25) is 10.0 Å². The van der Waals surface area contributed by atoms with Crippen LogP contribution in [0.25, 0.3) is 0 Å². The fraction of sp³-hybridized carbons (Fsp3) is 0.462. The van der Waals surface area contributed by atoms with E-state index in [1.807, 2.05) is 0 Å². The molecule has 0 aliphatic carbocycles. The van der Waals surface area contributed by atoms with Crippen LogP contribution in [0.5, 0.6) is 5.75 Å². The smallest absolute Gasteiger partial charge is 0.260 e. The summed E-state index contributed by atoms with van der Waals surface area (Å²) in [6, 6.07) is 4.28. The van der Waals surface area contributed by atoms with E-state index in [4.69, 9.17) is 14.6 Å². The number of morpholine rings is 1. The molecule has 0 spiro atoms. The second-order valence-corrected chi connectivity index (χ2v) is 6.32. The quantitative estimate of drug-likeness (QED) is 0.835. The van der Waals surface area contributed by atoms with Gasteiger partial charge in [0.05, 0.1) is 18.1 Å². The van der Waals surface area contributed by atoms with Crippen LogP contribution in [0.2, 0.25) is 0 Å². The van der Waals surface area contributed by atoms with Gasteiger partial charge in [0.25, 0.3) is 5.91 Å². The molecule has 1 aromatic carbocycles. The molecule has 2 rings (SSSR count). The highest BCUT2D eigenvalue weighted by atomic mass is 32.2. The van der Waals surface area contributed by atoms with Gasteiger partial charge >= 0.3 is 0 Å². The molecule has 0 radical (unpaired) electrons. The van der Waals surface area contributed by atoms with E-state index in [9.17, 15) is 13.2 Å². The summed E-state index contributed by atoms with van der Waals surface area (Å²) in [4.78, 5) is 13.6. The Morgan fingerprint density at radius 2 is 2.05 bits per heavy atom. The highest BCUT2D eigenvalue weighted by Gasteiger charge is 2.18. The number of ether oxygens (including phenoxy) is 2. The Kier molecular flexibility index (Phi) is 4.81. The maximum Gasteiger partial charge on any atom is 0.260 e. The molecule has 1 aromatic rings. The molecule has 116 valence electrons. The molecule has 0 atom stereocenters. The van der Waals surface area contributed by atoms with Gasteiger partial charge in [-0.15, -0.1) is 0 Å². The number of nitrogens with two attached hydrogens (primary N) is 1. The Bertz CT molecular complexity index is 623. The molecule has 21 heavy (non-hydrogen) atoms. The minimum absolute atomic E-state index is 0.0202. The molecule has 1 saturated heterocycles. The molecule has 2 N–H and O–H groups in total. The number of hydrogen-bond acceptors (Lipinski definition) is 5. The standard InChI is InChI=1S/C13H18N2O5S/c1-10-8-11(21(14,17)18)2-3-12(10)20-9-13(16)15-4-6-19-7-5-15/h2-3,8H,4-7,9H2,1H3,(H2,14,17,18). The lowest BCUT2D eigenvalue weighted by molar-refractivity contribution is -0.137. The lowest BCUT2D eigenvalue weighted by Crippen LogP contribution is -2.43. The fourth-order valence-electron chi connectivity index (χ4n) is 2.00. The molecule has 1 aliphatic heterocycles. The van der Waals surface area contributed by atoms with Crippen molar-refractivity contribution in [3.63, 3.8) is 0 Å². The molecule has 8 heteroatoms. The summed E-state index contributed by atoms with van der Waals surface area (Å²) in [5.41, 5.74) is 0.608. The Hall–Kier alpha value is -1.64. The molecule has 1 amide bonds. The molecule has 0 unspecified atom stereocenters. The Morgan fingerprint density at radius 1 is 1.38 bits per heavy atom. The van der Waals surface area contributed by atoms with Crippen molar-refractivity contribution in [3.8, 4) is 5.75 Å². The maximum atomic E-state index is 11.9. The zero-order valence-corrected chi connectivity index (χ0v) is 12.6. The van der Waals surface area contributed by atoms with Crippen molar-refractivity contribution >= 4 is 15.9 Å². The average Bonchev–Trinajstić information content (AvgIpc) is 2.45. The van der Waals surface area contributed by atoms with Crippen LogP contribution in [0.15, 0.2) is 23.1 Å². The molecule has 1 fully saturated rings.